The van der Waals surface area contributed by atoms with Crippen LogP contribution in [0.25, 0.3) is 0 Å². The van der Waals surface area contributed by atoms with Crippen LogP contribution in [0.4, 0.5) is 17.6 Å². The summed E-state index contributed by atoms with van der Waals surface area (Å²) in [6.45, 7) is 0. The van der Waals surface area contributed by atoms with Gasteiger partial charge >= 0.3 is 6.18 Å². The summed E-state index contributed by atoms with van der Waals surface area (Å²) >= 11 is 0. The maximum atomic E-state index is 14.0. The first-order valence-corrected chi connectivity index (χ1v) is 10.6. The number of sulfone groups is 1. The topological polar surface area (TPSA) is 63.2 Å². The molecular weight excluding hydrogens is 398 g/mol. The third-order valence-corrected chi connectivity index (χ3v) is 7.25. The van der Waals surface area contributed by atoms with Gasteiger partial charge in [0.25, 0.3) is 0 Å². The molecule has 0 saturated carbocycles. The van der Waals surface area contributed by atoms with Gasteiger partial charge in [-0.2, -0.15) is 13.2 Å². The molecule has 2 heterocycles. The molecule has 1 N–H and O–H groups in total. The molecule has 1 aromatic rings. The molecule has 0 saturated heterocycles. The standard InChI is InChI=1S/C19H17F4NO3S/c20-12-5-4-10(8-11(12)9-19(21,22)23)16-17-13(2-1-3-15(17)25)24-14-6-7-28(26,27)18(14)16/h4-5,8,16,24H,1-3,6-7,9H2. The van der Waals surface area contributed by atoms with Gasteiger partial charge in [-0.1, -0.05) is 12.1 Å². The number of rotatable bonds is 2. The lowest BCUT2D eigenvalue weighted by Crippen LogP contribution is -2.32. The van der Waals surface area contributed by atoms with E-state index in [0.717, 1.165) is 12.1 Å². The molecule has 2 aliphatic heterocycles. The van der Waals surface area contributed by atoms with Crippen LogP contribution in [0.3, 0.4) is 0 Å². The molecule has 1 aromatic carbocycles. The lowest BCUT2D eigenvalue weighted by Gasteiger charge is -2.33. The maximum Gasteiger partial charge on any atom is 0.393 e. The molecule has 4 rings (SSSR count). The fraction of sp³-hybridized carbons (Fsp3) is 0.421. The van der Waals surface area contributed by atoms with Crippen LogP contribution in [0.5, 0.6) is 0 Å². The maximum absolute atomic E-state index is 14.0. The van der Waals surface area contributed by atoms with Crippen LogP contribution in [-0.4, -0.2) is 26.1 Å². The van der Waals surface area contributed by atoms with E-state index in [0.29, 0.717) is 24.2 Å². The van der Waals surface area contributed by atoms with Gasteiger partial charge in [0, 0.05) is 29.8 Å². The number of carbonyl (C=O) groups is 1. The zero-order chi connectivity index (χ0) is 20.3. The highest BCUT2D eigenvalue weighted by Gasteiger charge is 2.44. The van der Waals surface area contributed by atoms with E-state index in [9.17, 15) is 30.8 Å². The Balaban J connectivity index is 1.89. The summed E-state index contributed by atoms with van der Waals surface area (Å²) in [7, 11) is -3.66. The average molecular weight is 415 g/mol. The smallest absolute Gasteiger partial charge is 0.361 e. The van der Waals surface area contributed by atoms with Crippen molar-refractivity contribution in [3.05, 3.63) is 57.0 Å². The summed E-state index contributed by atoms with van der Waals surface area (Å²) in [4.78, 5) is 12.7. The number of nitrogens with one attached hydrogen (secondary N) is 1. The monoisotopic (exact) mass is 415 g/mol. The van der Waals surface area contributed by atoms with Crippen LogP contribution in [0.2, 0.25) is 0 Å². The summed E-state index contributed by atoms with van der Waals surface area (Å²) < 4.78 is 77.7. The number of benzene rings is 1. The van der Waals surface area contributed by atoms with Crippen molar-refractivity contribution in [1.82, 2.24) is 5.32 Å². The minimum Gasteiger partial charge on any atom is -0.361 e. The zero-order valence-corrected chi connectivity index (χ0v) is 15.5. The molecular formula is C19H17F4NO3S. The number of Topliss-reactive ketones (excluding diaryl/α,β-unsaturated/α-hetero) is 1. The quantitative estimate of drug-likeness (QED) is 0.749. The van der Waals surface area contributed by atoms with E-state index in [1.165, 1.54) is 6.07 Å². The first-order valence-electron chi connectivity index (χ1n) is 8.91. The van der Waals surface area contributed by atoms with Crippen LogP contribution >= 0.6 is 0 Å². The van der Waals surface area contributed by atoms with Crippen LogP contribution in [0.15, 0.2) is 40.1 Å². The second kappa shape index (κ2) is 6.43. The van der Waals surface area contributed by atoms with Crippen molar-refractivity contribution in [2.45, 2.75) is 44.2 Å². The Bertz CT molecular complexity index is 1040. The minimum absolute atomic E-state index is 0.0334. The second-order valence-electron chi connectivity index (χ2n) is 7.28. The second-order valence-corrected chi connectivity index (χ2v) is 9.36. The largest absolute Gasteiger partial charge is 0.393 e. The normalized spacial score (nSPS) is 24.1. The fourth-order valence-electron chi connectivity index (χ4n) is 4.22. The molecule has 0 aromatic heterocycles. The summed E-state index contributed by atoms with van der Waals surface area (Å²) in [6, 6.07) is 3.23. The van der Waals surface area contributed by atoms with E-state index >= 15 is 0 Å². The lowest BCUT2D eigenvalue weighted by atomic mass is 9.79. The number of dihydropyridines is 1. The number of ketones is 1. The summed E-state index contributed by atoms with van der Waals surface area (Å²) in [5.41, 5.74) is 1.02. The van der Waals surface area contributed by atoms with Gasteiger partial charge in [-0.3, -0.25) is 4.79 Å². The summed E-state index contributed by atoms with van der Waals surface area (Å²) in [6.07, 6.45) is -4.38. The zero-order valence-electron chi connectivity index (χ0n) is 14.7. The van der Waals surface area contributed by atoms with Gasteiger partial charge in [0.05, 0.1) is 23.0 Å². The minimum atomic E-state index is -4.61. The molecule has 0 fully saturated rings. The fourth-order valence-corrected chi connectivity index (χ4v) is 6.05. The molecule has 0 bridgehead atoms. The molecule has 9 heteroatoms. The van der Waals surface area contributed by atoms with Gasteiger partial charge in [0.2, 0.25) is 0 Å². The average Bonchev–Trinajstić information content (AvgIpc) is 2.89. The predicted octanol–water partition coefficient (Wildman–Crippen LogP) is 3.65. The van der Waals surface area contributed by atoms with Crippen molar-refractivity contribution < 1.29 is 30.8 Å². The van der Waals surface area contributed by atoms with Gasteiger partial charge in [0.1, 0.15) is 5.82 Å². The Labute approximate surface area is 159 Å². The highest BCUT2D eigenvalue weighted by molar-refractivity contribution is 7.95. The molecule has 0 radical (unpaired) electrons. The van der Waals surface area contributed by atoms with E-state index in [1.54, 1.807) is 0 Å². The molecule has 1 aliphatic carbocycles. The van der Waals surface area contributed by atoms with E-state index in [1.807, 2.05) is 0 Å². The SMILES string of the molecule is O=C1CCCC2=C1C(c1ccc(F)c(CC(F)(F)F)c1)C1=C(CCS1(=O)=O)N2. The van der Waals surface area contributed by atoms with Gasteiger partial charge < -0.3 is 5.32 Å². The van der Waals surface area contributed by atoms with E-state index in [4.69, 9.17) is 0 Å². The first-order chi connectivity index (χ1) is 13.1. The highest BCUT2D eigenvalue weighted by Crippen LogP contribution is 2.47. The van der Waals surface area contributed by atoms with Crippen LogP contribution in [0, 0.1) is 5.82 Å². The highest BCUT2D eigenvalue weighted by atomic mass is 32.2. The van der Waals surface area contributed by atoms with Gasteiger partial charge in [-0.25, -0.2) is 12.8 Å². The van der Waals surface area contributed by atoms with Crippen LogP contribution in [0.1, 0.15) is 42.7 Å². The number of carbonyl (C=O) groups excluding carboxylic acids is 1. The van der Waals surface area contributed by atoms with E-state index < -0.39 is 39.7 Å². The summed E-state index contributed by atoms with van der Waals surface area (Å²) in [5.74, 6) is -2.34. The Morgan fingerprint density at radius 2 is 1.86 bits per heavy atom. The molecule has 4 nitrogen and oxygen atoms in total. The number of hydrogen-bond donors (Lipinski definition) is 1. The Morgan fingerprint density at radius 1 is 1.11 bits per heavy atom. The number of alkyl halides is 3. The summed E-state index contributed by atoms with van der Waals surface area (Å²) in [5, 5.41) is 3.07. The molecule has 28 heavy (non-hydrogen) atoms. The molecule has 3 aliphatic rings. The van der Waals surface area contributed by atoms with Crippen molar-refractivity contribution in [3.63, 3.8) is 0 Å². The third-order valence-electron chi connectivity index (χ3n) is 5.36. The molecule has 0 spiro atoms. The first kappa shape index (κ1) is 19.2. The number of halogens is 4. The van der Waals surface area contributed by atoms with Gasteiger partial charge in [-0.05, 0) is 30.0 Å². The molecule has 150 valence electrons. The van der Waals surface area contributed by atoms with Crippen LogP contribution in [-0.2, 0) is 21.1 Å². The van der Waals surface area contributed by atoms with Crippen molar-refractivity contribution >= 4 is 15.6 Å². The molecule has 0 amide bonds. The van der Waals surface area contributed by atoms with E-state index in [2.05, 4.69) is 5.32 Å². The molecule has 1 unspecified atom stereocenters. The van der Waals surface area contributed by atoms with Gasteiger partial charge in [0.15, 0.2) is 15.6 Å². The number of allylic oxidation sites excluding steroid dienone is 4. The van der Waals surface area contributed by atoms with Crippen molar-refractivity contribution in [3.8, 4) is 0 Å². The van der Waals surface area contributed by atoms with Crippen LogP contribution < -0.4 is 5.32 Å². The molecule has 1 atom stereocenters. The third kappa shape index (κ3) is 3.25. The van der Waals surface area contributed by atoms with Crippen molar-refractivity contribution in [2.24, 2.45) is 0 Å². The van der Waals surface area contributed by atoms with Crippen molar-refractivity contribution in [1.29, 1.82) is 0 Å². The lowest BCUT2D eigenvalue weighted by molar-refractivity contribution is -0.127. The Hall–Kier alpha value is -2.16. The predicted molar refractivity (Wildman–Crippen MR) is 93.3 cm³/mol. The Kier molecular flexibility index (Phi) is 4.41. The van der Waals surface area contributed by atoms with E-state index in [-0.39, 0.29) is 40.4 Å². The Morgan fingerprint density at radius 3 is 2.57 bits per heavy atom. The van der Waals surface area contributed by atoms with Gasteiger partial charge in [-0.15, -0.1) is 0 Å². The van der Waals surface area contributed by atoms with Crippen molar-refractivity contribution in [2.75, 3.05) is 5.75 Å². The number of hydrogen-bond acceptors (Lipinski definition) is 4.